The molecule has 5 N–H and O–H groups in total. The highest BCUT2D eigenvalue weighted by molar-refractivity contribution is 8.00. The summed E-state index contributed by atoms with van der Waals surface area (Å²) < 4.78 is 15.1. The minimum absolute atomic E-state index is 0.431. The Morgan fingerprint density at radius 2 is 2.26 bits per heavy atom. The Hall–Kier alpha value is -0.600. The monoisotopic (exact) mass is 323 g/mol. The fourth-order valence-electron chi connectivity index (χ4n) is 1.40. The van der Waals surface area contributed by atoms with Crippen LogP contribution in [0.4, 0.5) is 0 Å². The fourth-order valence-corrected chi connectivity index (χ4v) is 4.05. The third-order valence-electron chi connectivity index (χ3n) is 2.44. The van der Waals surface area contributed by atoms with Crippen molar-refractivity contribution in [3.8, 4) is 0 Å². The van der Waals surface area contributed by atoms with E-state index in [9.17, 15) is 9.00 Å². The van der Waals surface area contributed by atoms with E-state index in [4.69, 9.17) is 23.1 Å². The van der Waals surface area contributed by atoms with E-state index in [1.54, 1.807) is 5.38 Å². The molecule has 0 spiro atoms. The Morgan fingerprint density at radius 3 is 2.79 bits per heavy atom. The summed E-state index contributed by atoms with van der Waals surface area (Å²) in [5.41, 5.74) is 11.1. The predicted octanol–water partition coefficient (Wildman–Crippen LogP) is 0.964. The number of halogens is 1. The van der Waals surface area contributed by atoms with Crippen LogP contribution in [-0.4, -0.2) is 28.6 Å². The Labute approximate surface area is 122 Å². The standard InChI is InChI=1S/C11H18ClN3O2S2/c1-19(17,10-6-8(12)7-18-10)15-11(16)9(14)4-2-3-5-13/h6-7,9H,1-5,13-14H2,(H,15,16,17). The van der Waals surface area contributed by atoms with E-state index in [1.807, 2.05) is 0 Å². The van der Waals surface area contributed by atoms with Crippen LogP contribution in [-0.2, 0) is 14.5 Å². The summed E-state index contributed by atoms with van der Waals surface area (Å²) >= 11 is 6.95. The Morgan fingerprint density at radius 1 is 1.58 bits per heavy atom. The maximum atomic E-state index is 12.3. The number of unbranched alkanes of at least 4 members (excludes halogenated alkanes) is 1. The highest BCUT2D eigenvalue weighted by atomic mass is 35.5. The molecule has 2 unspecified atom stereocenters. The molecule has 0 aliphatic carbocycles. The van der Waals surface area contributed by atoms with Crippen LogP contribution in [0.15, 0.2) is 15.7 Å². The van der Waals surface area contributed by atoms with E-state index >= 15 is 0 Å². The molecule has 0 bridgehead atoms. The van der Waals surface area contributed by atoms with Crippen molar-refractivity contribution in [2.24, 2.45) is 11.5 Å². The summed E-state index contributed by atoms with van der Waals surface area (Å²) in [5.74, 6) is 3.07. The number of hydrogen-bond donors (Lipinski definition) is 3. The number of amides is 1. The maximum Gasteiger partial charge on any atom is 0.248 e. The normalized spacial score (nSPS) is 15.7. The van der Waals surface area contributed by atoms with Gasteiger partial charge in [0.1, 0.15) is 4.21 Å². The molecule has 1 aromatic heterocycles. The van der Waals surface area contributed by atoms with Gasteiger partial charge in [0.2, 0.25) is 5.91 Å². The lowest BCUT2D eigenvalue weighted by Gasteiger charge is -2.14. The van der Waals surface area contributed by atoms with Crippen molar-refractivity contribution in [1.82, 2.24) is 4.72 Å². The Bertz CT molecular complexity index is 528. The number of hydrogen-bond acceptors (Lipinski definition) is 5. The van der Waals surface area contributed by atoms with E-state index in [0.29, 0.717) is 22.2 Å². The molecule has 0 saturated carbocycles. The van der Waals surface area contributed by atoms with Gasteiger partial charge in [-0.05, 0) is 31.3 Å². The van der Waals surface area contributed by atoms with Crippen molar-refractivity contribution in [3.63, 3.8) is 0 Å². The first kappa shape index (κ1) is 16.5. The smallest absolute Gasteiger partial charge is 0.248 e. The van der Waals surface area contributed by atoms with Gasteiger partial charge in [-0.3, -0.25) is 9.52 Å². The summed E-state index contributed by atoms with van der Waals surface area (Å²) in [6, 6.07) is 0.825. The van der Waals surface area contributed by atoms with Gasteiger partial charge in [-0.1, -0.05) is 18.0 Å². The molecule has 0 aliphatic heterocycles. The van der Waals surface area contributed by atoms with Crippen LogP contribution in [0.5, 0.6) is 0 Å². The lowest BCUT2D eigenvalue weighted by Crippen LogP contribution is -2.43. The zero-order valence-corrected chi connectivity index (χ0v) is 12.8. The van der Waals surface area contributed by atoms with E-state index in [-0.39, 0.29) is 0 Å². The third-order valence-corrected chi connectivity index (χ3v) is 5.90. The molecule has 5 nitrogen and oxygen atoms in total. The lowest BCUT2D eigenvalue weighted by atomic mass is 10.1. The summed E-state index contributed by atoms with van der Waals surface area (Å²) in [6.07, 6.45) is 2.07. The maximum absolute atomic E-state index is 12.3. The van der Waals surface area contributed by atoms with Gasteiger partial charge in [-0.15, -0.1) is 11.3 Å². The van der Waals surface area contributed by atoms with Crippen LogP contribution < -0.4 is 16.2 Å². The van der Waals surface area contributed by atoms with Crippen LogP contribution in [0.2, 0.25) is 5.02 Å². The number of nitrogens with one attached hydrogen (secondary N) is 1. The van der Waals surface area contributed by atoms with Crippen LogP contribution >= 0.6 is 22.9 Å². The van der Waals surface area contributed by atoms with Gasteiger partial charge in [-0.25, -0.2) is 4.21 Å². The molecule has 1 aromatic rings. The second-order valence-electron chi connectivity index (χ2n) is 4.12. The van der Waals surface area contributed by atoms with Gasteiger partial charge in [0.15, 0.2) is 0 Å². The molecule has 19 heavy (non-hydrogen) atoms. The predicted molar refractivity (Wildman–Crippen MR) is 81.9 cm³/mol. The lowest BCUT2D eigenvalue weighted by molar-refractivity contribution is -0.120. The van der Waals surface area contributed by atoms with Gasteiger partial charge in [-0.2, -0.15) is 0 Å². The second kappa shape index (κ2) is 7.25. The summed E-state index contributed by atoms with van der Waals surface area (Å²) in [7, 11) is -2.88. The quantitative estimate of drug-likeness (QED) is 0.514. The molecule has 1 rings (SSSR count). The van der Waals surface area contributed by atoms with Crippen LogP contribution in [0.1, 0.15) is 19.3 Å². The first-order chi connectivity index (χ1) is 8.86. The molecule has 0 aromatic carbocycles. The summed E-state index contributed by atoms with van der Waals surface area (Å²) in [5, 5.41) is 2.10. The summed E-state index contributed by atoms with van der Waals surface area (Å²) in [6.45, 7) is 0.564. The molecule has 0 aliphatic rings. The molecule has 1 amide bonds. The third kappa shape index (κ3) is 5.12. The van der Waals surface area contributed by atoms with Crippen molar-refractivity contribution >= 4 is 44.4 Å². The molecule has 108 valence electrons. The Kier molecular flexibility index (Phi) is 6.28. The van der Waals surface area contributed by atoms with Crippen molar-refractivity contribution < 1.29 is 9.00 Å². The number of nitrogens with two attached hydrogens (primary N) is 2. The van der Waals surface area contributed by atoms with Crippen LogP contribution in [0, 0.1) is 0 Å². The van der Waals surface area contributed by atoms with Gasteiger partial charge in [0.05, 0.1) is 20.8 Å². The zero-order valence-electron chi connectivity index (χ0n) is 10.4. The first-order valence-electron chi connectivity index (χ1n) is 5.75. The van der Waals surface area contributed by atoms with E-state index in [2.05, 4.69) is 10.6 Å². The average Bonchev–Trinajstić information content (AvgIpc) is 2.76. The van der Waals surface area contributed by atoms with Gasteiger partial charge in [0.25, 0.3) is 0 Å². The van der Waals surface area contributed by atoms with E-state index in [0.717, 1.165) is 12.8 Å². The number of carbonyl (C=O) groups is 1. The number of carbonyl (C=O) groups excluding carboxylic acids is 1. The molecule has 0 fully saturated rings. The second-order valence-corrected chi connectivity index (χ2v) is 7.72. The minimum Gasteiger partial charge on any atom is -0.330 e. The molecular formula is C11H18ClN3O2S2. The minimum atomic E-state index is -2.88. The highest BCUT2D eigenvalue weighted by Crippen LogP contribution is 2.23. The number of thiophene rings is 1. The van der Waals surface area contributed by atoms with Crippen LogP contribution in [0.3, 0.4) is 0 Å². The van der Waals surface area contributed by atoms with Gasteiger partial charge < -0.3 is 11.5 Å². The van der Waals surface area contributed by atoms with Gasteiger partial charge >= 0.3 is 0 Å². The van der Waals surface area contributed by atoms with Crippen molar-refractivity contribution in [2.75, 3.05) is 6.54 Å². The SMILES string of the molecule is C=S(=O)(NC(=O)C(N)CCCCN)c1cc(Cl)cs1. The van der Waals surface area contributed by atoms with Crippen molar-refractivity contribution in [3.05, 3.63) is 16.5 Å². The van der Waals surface area contributed by atoms with E-state index < -0.39 is 21.7 Å². The molecule has 0 radical (unpaired) electrons. The van der Waals surface area contributed by atoms with Crippen molar-refractivity contribution in [2.45, 2.75) is 29.5 Å². The molecule has 1 heterocycles. The van der Waals surface area contributed by atoms with Crippen molar-refractivity contribution in [1.29, 1.82) is 0 Å². The molecule has 2 atom stereocenters. The average molecular weight is 324 g/mol. The molecule has 8 heteroatoms. The topological polar surface area (TPSA) is 98.2 Å². The summed E-state index contributed by atoms with van der Waals surface area (Å²) in [4.78, 5) is 11.8. The molecular weight excluding hydrogens is 306 g/mol. The largest absolute Gasteiger partial charge is 0.330 e. The highest BCUT2D eigenvalue weighted by Gasteiger charge is 2.19. The van der Waals surface area contributed by atoms with Crippen LogP contribution in [0.25, 0.3) is 0 Å². The number of rotatable bonds is 7. The zero-order chi connectivity index (χ0) is 14.5. The van der Waals surface area contributed by atoms with E-state index in [1.165, 1.54) is 17.4 Å². The molecule has 0 saturated heterocycles. The first-order valence-corrected chi connectivity index (χ1v) is 8.74. The Balaban J connectivity index is 2.60. The van der Waals surface area contributed by atoms with Gasteiger partial charge in [0, 0.05) is 5.38 Å². The fraction of sp³-hybridized carbons (Fsp3) is 0.455.